The average Bonchev–Trinajstić information content (AvgIpc) is 2.03. The molecule has 0 radical (unpaired) electrons. The first kappa shape index (κ1) is 6.74. The smallest absolute Gasteiger partial charge is 0.115 e. The fourth-order valence-corrected chi connectivity index (χ4v) is 0.639. The Balaban J connectivity index is 2.59. The SMILES string of the molecule is N/C=C/Cc1cncnc1. The quantitative estimate of drug-likeness (QED) is 0.642. The third-order valence-corrected chi connectivity index (χ3v) is 1.10. The van der Waals surface area contributed by atoms with Gasteiger partial charge in [-0.15, -0.1) is 0 Å². The van der Waals surface area contributed by atoms with E-state index in [1.807, 2.05) is 6.08 Å². The molecule has 2 N–H and O–H groups in total. The van der Waals surface area contributed by atoms with Gasteiger partial charge in [0.25, 0.3) is 0 Å². The molecule has 0 aliphatic rings. The maximum atomic E-state index is 5.15. The zero-order chi connectivity index (χ0) is 7.23. The van der Waals surface area contributed by atoms with Crippen LogP contribution in [0.5, 0.6) is 0 Å². The van der Waals surface area contributed by atoms with Crippen LogP contribution in [-0.2, 0) is 6.42 Å². The van der Waals surface area contributed by atoms with Crippen LogP contribution in [0, 0.1) is 0 Å². The lowest BCUT2D eigenvalue weighted by Gasteiger charge is -1.90. The highest BCUT2D eigenvalue weighted by Crippen LogP contribution is 1.93. The topological polar surface area (TPSA) is 51.8 Å². The number of hydrogen-bond acceptors (Lipinski definition) is 3. The van der Waals surface area contributed by atoms with Crippen molar-refractivity contribution in [2.24, 2.45) is 5.73 Å². The van der Waals surface area contributed by atoms with E-state index in [4.69, 9.17) is 5.73 Å². The Hall–Kier alpha value is -1.38. The molecule has 0 aliphatic heterocycles. The van der Waals surface area contributed by atoms with E-state index in [0.717, 1.165) is 12.0 Å². The second-order valence-electron chi connectivity index (χ2n) is 1.88. The summed E-state index contributed by atoms with van der Waals surface area (Å²) < 4.78 is 0. The van der Waals surface area contributed by atoms with Gasteiger partial charge in [-0.3, -0.25) is 0 Å². The standard InChI is InChI=1S/C7H9N3/c8-3-1-2-7-4-9-6-10-5-7/h1,3-6H,2,8H2/b3-1+. The first-order valence-corrected chi connectivity index (χ1v) is 3.04. The van der Waals surface area contributed by atoms with E-state index >= 15 is 0 Å². The highest BCUT2D eigenvalue weighted by atomic mass is 14.8. The van der Waals surface area contributed by atoms with Gasteiger partial charge in [0.05, 0.1) is 0 Å². The highest BCUT2D eigenvalue weighted by Gasteiger charge is 1.85. The van der Waals surface area contributed by atoms with E-state index < -0.39 is 0 Å². The summed E-state index contributed by atoms with van der Waals surface area (Å²) in [4.78, 5) is 7.70. The normalized spacial score (nSPS) is 10.4. The van der Waals surface area contributed by atoms with Crippen molar-refractivity contribution in [3.63, 3.8) is 0 Å². The van der Waals surface area contributed by atoms with Gasteiger partial charge in [-0.2, -0.15) is 0 Å². The molecule has 10 heavy (non-hydrogen) atoms. The van der Waals surface area contributed by atoms with E-state index in [1.54, 1.807) is 12.4 Å². The van der Waals surface area contributed by atoms with Crippen LogP contribution >= 0.6 is 0 Å². The monoisotopic (exact) mass is 135 g/mol. The predicted molar refractivity (Wildman–Crippen MR) is 39.1 cm³/mol. The number of allylic oxidation sites excluding steroid dienone is 1. The van der Waals surface area contributed by atoms with Crippen LogP contribution in [0.1, 0.15) is 5.56 Å². The van der Waals surface area contributed by atoms with Crippen molar-refractivity contribution in [2.45, 2.75) is 6.42 Å². The van der Waals surface area contributed by atoms with Gasteiger partial charge in [0.1, 0.15) is 6.33 Å². The molecule has 1 aromatic rings. The summed E-state index contributed by atoms with van der Waals surface area (Å²) in [5, 5.41) is 0. The Bertz CT molecular complexity index is 205. The van der Waals surface area contributed by atoms with E-state index in [-0.39, 0.29) is 0 Å². The van der Waals surface area contributed by atoms with Crippen molar-refractivity contribution in [3.8, 4) is 0 Å². The van der Waals surface area contributed by atoms with Crippen molar-refractivity contribution in [1.82, 2.24) is 9.97 Å². The van der Waals surface area contributed by atoms with Crippen molar-refractivity contribution in [1.29, 1.82) is 0 Å². The number of nitrogens with zero attached hydrogens (tertiary/aromatic N) is 2. The number of aromatic nitrogens is 2. The molecule has 0 unspecified atom stereocenters. The van der Waals surface area contributed by atoms with Gasteiger partial charge < -0.3 is 5.73 Å². The zero-order valence-electron chi connectivity index (χ0n) is 5.57. The van der Waals surface area contributed by atoms with Crippen LogP contribution in [0.25, 0.3) is 0 Å². The molecule has 0 aliphatic carbocycles. The Kier molecular flexibility index (Phi) is 2.43. The summed E-state index contributed by atoms with van der Waals surface area (Å²) in [6.45, 7) is 0. The van der Waals surface area contributed by atoms with Gasteiger partial charge in [-0.1, -0.05) is 6.08 Å². The fraction of sp³-hybridized carbons (Fsp3) is 0.143. The molecule has 0 atom stereocenters. The van der Waals surface area contributed by atoms with Gasteiger partial charge in [-0.25, -0.2) is 9.97 Å². The second kappa shape index (κ2) is 3.61. The molecular formula is C7H9N3. The van der Waals surface area contributed by atoms with Gasteiger partial charge >= 0.3 is 0 Å². The van der Waals surface area contributed by atoms with E-state index in [2.05, 4.69) is 9.97 Å². The number of nitrogens with two attached hydrogens (primary N) is 1. The highest BCUT2D eigenvalue weighted by molar-refractivity contribution is 5.07. The van der Waals surface area contributed by atoms with Crippen molar-refractivity contribution in [3.05, 3.63) is 36.6 Å². The molecule has 1 aromatic heterocycles. The van der Waals surface area contributed by atoms with Gasteiger partial charge in [-0.05, 0) is 18.2 Å². The maximum absolute atomic E-state index is 5.15. The lowest BCUT2D eigenvalue weighted by molar-refractivity contribution is 1.09. The molecule has 0 saturated heterocycles. The Morgan fingerprint density at radius 2 is 2.10 bits per heavy atom. The second-order valence-corrected chi connectivity index (χ2v) is 1.88. The minimum atomic E-state index is 0.803. The van der Waals surface area contributed by atoms with Crippen LogP contribution in [0.15, 0.2) is 31.0 Å². The summed E-state index contributed by atoms with van der Waals surface area (Å²) in [6, 6.07) is 0. The van der Waals surface area contributed by atoms with Crippen LogP contribution < -0.4 is 5.73 Å². The molecule has 1 rings (SSSR count). The Morgan fingerprint density at radius 3 is 2.70 bits per heavy atom. The summed E-state index contributed by atoms with van der Waals surface area (Å²) >= 11 is 0. The van der Waals surface area contributed by atoms with E-state index in [9.17, 15) is 0 Å². The minimum absolute atomic E-state index is 0.803. The third kappa shape index (κ3) is 1.85. The van der Waals surface area contributed by atoms with Crippen molar-refractivity contribution in [2.75, 3.05) is 0 Å². The molecule has 3 heteroatoms. The average molecular weight is 135 g/mol. The van der Waals surface area contributed by atoms with Crippen molar-refractivity contribution < 1.29 is 0 Å². The Labute approximate surface area is 59.6 Å². The summed E-state index contributed by atoms with van der Waals surface area (Å²) in [7, 11) is 0. The predicted octanol–water partition coefficient (Wildman–Crippen LogP) is 0.492. The van der Waals surface area contributed by atoms with Crippen molar-refractivity contribution >= 4 is 0 Å². The van der Waals surface area contributed by atoms with Gasteiger partial charge in [0.15, 0.2) is 0 Å². The first-order valence-electron chi connectivity index (χ1n) is 3.04. The fourth-order valence-electron chi connectivity index (χ4n) is 0.639. The number of rotatable bonds is 2. The third-order valence-electron chi connectivity index (χ3n) is 1.10. The molecule has 0 saturated carbocycles. The number of hydrogen-bond donors (Lipinski definition) is 1. The molecule has 3 nitrogen and oxygen atoms in total. The molecule has 1 heterocycles. The molecule has 0 bridgehead atoms. The van der Waals surface area contributed by atoms with Crippen LogP contribution in [-0.4, -0.2) is 9.97 Å². The van der Waals surface area contributed by atoms with Crippen LogP contribution in [0.2, 0.25) is 0 Å². The van der Waals surface area contributed by atoms with Gasteiger partial charge in [0, 0.05) is 12.4 Å². The molecule has 0 aromatic carbocycles. The van der Waals surface area contributed by atoms with Crippen LogP contribution in [0.3, 0.4) is 0 Å². The van der Waals surface area contributed by atoms with E-state index in [1.165, 1.54) is 12.5 Å². The molecule has 52 valence electrons. The largest absolute Gasteiger partial charge is 0.405 e. The summed E-state index contributed by atoms with van der Waals surface area (Å²) in [5.41, 5.74) is 6.23. The lowest BCUT2D eigenvalue weighted by atomic mass is 10.2. The minimum Gasteiger partial charge on any atom is -0.405 e. The van der Waals surface area contributed by atoms with Crippen LogP contribution in [0.4, 0.5) is 0 Å². The first-order chi connectivity index (χ1) is 4.93. The molecular weight excluding hydrogens is 126 g/mol. The summed E-state index contributed by atoms with van der Waals surface area (Å²) in [6.07, 6.45) is 9.23. The Morgan fingerprint density at radius 1 is 1.40 bits per heavy atom. The lowest BCUT2D eigenvalue weighted by Crippen LogP contribution is -1.85. The maximum Gasteiger partial charge on any atom is 0.115 e. The molecule has 0 spiro atoms. The van der Waals surface area contributed by atoms with E-state index in [0.29, 0.717) is 0 Å². The molecule has 0 fully saturated rings. The zero-order valence-corrected chi connectivity index (χ0v) is 5.57. The molecule has 0 amide bonds. The van der Waals surface area contributed by atoms with Gasteiger partial charge in [0.2, 0.25) is 0 Å². The summed E-state index contributed by atoms with van der Waals surface area (Å²) in [5.74, 6) is 0.